The van der Waals surface area contributed by atoms with Crippen molar-refractivity contribution >= 4 is 0 Å². The van der Waals surface area contributed by atoms with Crippen molar-refractivity contribution in [1.29, 1.82) is 0 Å². The van der Waals surface area contributed by atoms with Crippen LogP contribution in [0.15, 0.2) is 12.3 Å². The van der Waals surface area contributed by atoms with Crippen molar-refractivity contribution in [3.05, 3.63) is 18.0 Å². The molecule has 3 nitrogen and oxygen atoms in total. The lowest BCUT2D eigenvalue weighted by atomic mass is 9.85. The molecule has 1 aromatic heterocycles. The van der Waals surface area contributed by atoms with E-state index in [0.717, 1.165) is 19.0 Å². The van der Waals surface area contributed by atoms with Crippen LogP contribution in [-0.2, 0) is 0 Å². The van der Waals surface area contributed by atoms with Crippen molar-refractivity contribution in [3.8, 4) is 0 Å². The van der Waals surface area contributed by atoms with Gasteiger partial charge in [-0.15, -0.1) is 0 Å². The van der Waals surface area contributed by atoms with E-state index in [2.05, 4.69) is 28.5 Å². The highest BCUT2D eigenvalue weighted by atomic mass is 15.1. The van der Waals surface area contributed by atoms with Crippen LogP contribution in [0.25, 0.3) is 0 Å². The maximum Gasteiger partial charge on any atom is 0.0490 e. The van der Waals surface area contributed by atoms with Crippen LogP contribution in [0, 0.1) is 5.92 Å². The molecule has 0 aliphatic carbocycles. The number of nitrogens with zero attached hydrogens (tertiary/aromatic N) is 1. The van der Waals surface area contributed by atoms with Crippen LogP contribution in [-0.4, -0.2) is 23.3 Å². The average Bonchev–Trinajstić information content (AvgIpc) is 2.57. The molecule has 1 saturated heterocycles. The number of aromatic nitrogens is 2. The van der Waals surface area contributed by atoms with Crippen LogP contribution in [0.5, 0.6) is 0 Å². The Hall–Kier alpha value is -0.830. The molecule has 3 heteroatoms. The van der Waals surface area contributed by atoms with Crippen LogP contribution < -0.4 is 5.32 Å². The number of aromatic amines is 1. The number of H-pyrrole nitrogens is 1. The van der Waals surface area contributed by atoms with Gasteiger partial charge in [-0.2, -0.15) is 5.10 Å². The van der Waals surface area contributed by atoms with E-state index in [1.165, 1.54) is 12.1 Å². The second-order valence-corrected chi connectivity index (χ2v) is 3.59. The van der Waals surface area contributed by atoms with Crippen molar-refractivity contribution in [2.75, 3.05) is 13.1 Å². The molecule has 66 valence electrons. The molecule has 0 aromatic carbocycles. The fourth-order valence-corrected chi connectivity index (χ4v) is 1.95. The molecule has 0 saturated carbocycles. The van der Waals surface area contributed by atoms with Gasteiger partial charge >= 0.3 is 0 Å². The summed E-state index contributed by atoms with van der Waals surface area (Å²) in [6.45, 7) is 4.55. The monoisotopic (exact) mass is 165 g/mol. The van der Waals surface area contributed by atoms with E-state index in [1.54, 1.807) is 0 Å². The number of hydrogen-bond acceptors (Lipinski definition) is 2. The maximum absolute atomic E-state index is 3.99. The quantitative estimate of drug-likeness (QED) is 0.654. The first-order valence-electron chi connectivity index (χ1n) is 4.58. The Morgan fingerprint density at radius 3 is 3.17 bits per heavy atom. The largest absolute Gasteiger partial charge is 0.316 e. The van der Waals surface area contributed by atoms with Gasteiger partial charge in [0.05, 0.1) is 0 Å². The summed E-state index contributed by atoms with van der Waals surface area (Å²) in [6, 6.07) is 2.09. The van der Waals surface area contributed by atoms with Gasteiger partial charge in [-0.25, -0.2) is 0 Å². The van der Waals surface area contributed by atoms with Crippen LogP contribution in [0.3, 0.4) is 0 Å². The lowest BCUT2D eigenvalue weighted by Gasteiger charge is -2.28. The Labute approximate surface area is 72.6 Å². The van der Waals surface area contributed by atoms with Crippen molar-refractivity contribution < 1.29 is 0 Å². The highest BCUT2D eigenvalue weighted by molar-refractivity contribution is 5.08. The topological polar surface area (TPSA) is 40.7 Å². The zero-order chi connectivity index (χ0) is 8.39. The second kappa shape index (κ2) is 3.27. The Bertz CT molecular complexity index is 230. The van der Waals surface area contributed by atoms with Crippen LogP contribution >= 0.6 is 0 Å². The van der Waals surface area contributed by atoms with Crippen LogP contribution in [0.4, 0.5) is 0 Å². The fraction of sp³-hybridized carbons (Fsp3) is 0.667. The van der Waals surface area contributed by atoms with Crippen molar-refractivity contribution in [2.24, 2.45) is 5.92 Å². The molecule has 2 N–H and O–H groups in total. The van der Waals surface area contributed by atoms with Crippen molar-refractivity contribution in [1.82, 2.24) is 15.5 Å². The third kappa shape index (κ3) is 1.37. The number of piperidine rings is 1. The lowest BCUT2D eigenvalue weighted by Crippen LogP contribution is -2.33. The maximum atomic E-state index is 3.99. The molecular weight excluding hydrogens is 150 g/mol. The van der Waals surface area contributed by atoms with Gasteiger partial charge in [0.15, 0.2) is 0 Å². The normalized spacial score (nSPS) is 30.4. The molecule has 1 fully saturated rings. The third-order valence-electron chi connectivity index (χ3n) is 2.71. The molecule has 0 radical (unpaired) electrons. The summed E-state index contributed by atoms with van der Waals surface area (Å²) in [6.07, 6.45) is 3.06. The van der Waals surface area contributed by atoms with E-state index in [9.17, 15) is 0 Å². The van der Waals surface area contributed by atoms with Gasteiger partial charge in [0.25, 0.3) is 0 Å². The van der Waals surface area contributed by atoms with Gasteiger partial charge in [-0.3, -0.25) is 5.10 Å². The standard InChI is InChI=1S/C9H15N3/c1-7-6-10-4-2-8(7)9-3-5-11-12-9/h3,5,7-8,10H,2,4,6H2,1H3,(H,11,12). The summed E-state index contributed by atoms with van der Waals surface area (Å²) in [5.41, 5.74) is 1.30. The highest BCUT2D eigenvalue weighted by Gasteiger charge is 2.23. The number of hydrogen-bond donors (Lipinski definition) is 2. The highest BCUT2D eigenvalue weighted by Crippen LogP contribution is 2.27. The first-order valence-corrected chi connectivity index (χ1v) is 4.58. The minimum atomic E-state index is 0.675. The van der Waals surface area contributed by atoms with Crippen LogP contribution in [0.2, 0.25) is 0 Å². The van der Waals surface area contributed by atoms with Gasteiger partial charge in [-0.05, 0) is 31.5 Å². The molecule has 0 spiro atoms. The van der Waals surface area contributed by atoms with Gasteiger partial charge in [-0.1, -0.05) is 6.92 Å². The van der Waals surface area contributed by atoms with E-state index in [1.807, 2.05) is 6.20 Å². The molecule has 1 aromatic rings. The average molecular weight is 165 g/mol. The first kappa shape index (κ1) is 7.80. The summed E-state index contributed by atoms with van der Waals surface area (Å²) >= 11 is 0. The predicted octanol–water partition coefficient (Wildman–Crippen LogP) is 1.12. The van der Waals surface area contributed by atoms with Crippen LogP contribution in [0.1, 0.15) is 25.0 Å². The van der Waals surface area contributed by atoms with Gasteiger partial charge in [0.2, 0.25) is 0 Å². The molecule has 2 atom stereocenters. The minimum Gasteiger partial charge on any atom is -0.316 e. The Kier molecular flexibility index (Phi) is 2.13. The molecular formula is C9H15N3. The minimum absolute atomic E-state index is 0.675. The zero-order valence-corrected chi connectivity index (χ0v) is 7.38. The fourth-order valence-electron chi connectivity index (χ4n) is 1.95. The van der Waals surface area contributed by atoms with E-state index < -0.39 is 0 Å². The van der Waals surface area contributed by atoms with E-state index in [-0.39, 0.29) is 0 Å². The number of nitrogens with one attached hydrogen (secondary N) is 2. The first-order chi connectivity index (χ1) is 5.88. The van der Waals surface area contributed by atoms with Crippen molar-refractivity contribution in [2.45, 2.75) is 19.3 Å². The third-order valence-corrected chi connectivity index (χ3v) is 2.71. The predicted molar refractivity (Wildman–Crippen MR) is 48.0 cm³/mol. The molecule has 1 aliphatic heterocycles. The van der Waals surface area contributed by atoms with Gasteiger partial charge in [0.1, 0.15) is 0 Å². The van der Waals surface area contributed by atoms with Crippen molar-refractivity contribution in [3.63, 3.8) is 0 Å². The van der Waals surface area contributed by atoms with Gasteiger partial charge < -0.3 is 5.32 Å². The Morgan fingerprint density at radius 1 is 1.58 bits per heavy atom. The Balaban J connectivity index is 2.11. The lowest BCUT2D eigenvalue weighted by molar-refractivity contribution is 0.344. The summed E-state index contributed by atoms with van der Waals surface area (Å²) in [5.74, 6) is 1.40. The summed E-state index contributed by atoms with van der Waals surface area (Å²) in [5, 5.41) is 10.4. The summed E-state index contributed by atoms with van der Waals surface area (Å²) in [4.78, 5) is 0. The summed E-state index contributed by atoms with van der Waals surface area (Å²) in [7, 11) is 0. The van der Waals surface area contributed by atoms with E-state index >= 15 is 0 Å². The van der Waals surface area contributed by atoms with E-state index in [4.69, 9.17) is 0 Å². The molecule has 0 amide bonds. The molecule has 2 heterocycles. The smallest absolute Gasteiger partial charge is 0.0490 e. The molecule has 2 rings (SSSR count). The Morgan fingerprint density at radius 2 is 2.50 bits per heavy atom. The molecule has 12 heavy (non-hydrogen) atoms. The molecule has 1 aliphatic rings. The SMILES string of the molecule is CC1CNCCC1c1ccn[nH]1. The zero-order valence-electron chi connectivity index (χ0n) is 7.38. The molecule has 0 bridgehead atoms. The van der Waals surface area contributed by atoms with E-state index in [0.29, 0.717) is 5.92 Å². The number of rotatable bonds is 1. The second-order valence-electron chi connectivity index (χ2n) is 3.59. The summed E-state index contributed by atoms with van der Waals surface area (Å²) < 4.78 is 0. The van der Waals surface area contributed by atoms with Gasteiger partial charge in [0, 0.05) is 17.8 Å². The molecule has 2 unspecified atom stereocenters.